The Balaban J connectivity index is 3.77. The Hall–Kier alpha value is -0.980. The molecule has 0 saturated heterocycles. The lowest BCUT2D eigenvalue weighted by atomic mass is 10.2. The smallest absolute Gasteiger partial charge is 0.0928 e. The molecule has 0 heterocycles. The zero-order chi connectivity index (χ0) is 10.8. The lowest BCUT2D eigenvalue weighted by Crippen LogP contribution is -1.89. The number of hydrogen-bond donors (Lipinski definition) is 0. The van der Waals surface area contributed by atoms with E-state index in [-0.39, 0.29) is 0 Å². The van der Waals surface area contributed by atoms with Crippen LogP contribution in [0.4, 0.5) is 0 Å². The van der Waals surface area contributed by atoms with Gasteiger partial charge < -0.3 is 4.74 Å². The minimum atomic E-state index is 0.770. The van der Waals surface area contributed by atoms with Crippen LogP contribution in [0.1, 0.15) is 40.5 Å². The van der Waals surface area contributed by atoms with Gasteiger partial charge in [0.25, 0.3) is 0 Å². The van der Waals surface area contributed by atoms with Crippen molar-refractivity contribution in [3.8, 4) is 0 Å². The topological polar surface area (TPSA) is 9.23 Å². The Morgan fingerprint density at radius 2 is 1.93 bits per heavy atom. The molecule has 1 heteroatoms. The van der Waals surface area contributed by atoms with Crippen LogP contribution in [-0.4, -0.2) is 6.61 Å². The van der Waals surface area contributed by atoms with Crippen LogP contribution < -0.4 is 0 Å². The van der Waals surface area contributed by atoms with E-state index in [2.05, 4.69) is 26.0 Å². The van der Waals surface area contributed by atoms with Crippen LogP contribution >= 0.6 is 0 Å². The van der Waals surface area contributed by atoms with Crippen molar-refractivity contribution in [2.45, 2.75) is 40.5 Å². The minimum Gasteiger partial charge on any atom is -0.498 e. The monoisotopic (exact) mass is 194 g/mol. The van der Waals surface area contributed by atoms with Crippen molar-refractivity contribution in [1.29, 1.82) is 0 Å². The summed E-state index contributed by atoms with van der Waals surface area (Å²) >= 11 is 0. The van der Waals surface area contributed by atoms with Gasteiger partial charge in [-0.25, -0.2) is 0 Å². The van der Waals surface area contributed by atoms with Crippen LogP contribution in [0.15, 0.2) is 35.6 Å². The first-order chi connectivity index (χ1) is 6.70. The normalized spacial score (nSPS) is 13.7. The third-order valence-electron chi connectivity index (χ3n) is 2.01. The summed E-state index contributed by atoms with van der Waals surface area (Å²) in [6.07, 6.45) is 10.4. The maximum absolute atomic E-state index is 5.50. The molecule has 0 bridgehead atoms. The fourth-order valence-electron chi connectivity index (χ4n) is 0.880. The lowest BCUT2D eigenvalue weighted by molar-refractivity contribution is 0.220. The SMILES string of the molecule is C/C=C/CCO/C(C)=C/C=C(\C)CC. The third kappa shape index (κ3) is 7.66. The van der Waals surface area contributed by atoms with Crippen LogP contribution in [0, 0.1) is 0 Å². The fourth-order valence-corrected chi connectivity index (χ4v) is 0.880. The Morgan fingerprint density at radius 3 is 2.50 bits per heavy atom. The molecule has 0 amide bonds. The summed E-state index contributed by atoms with van der Waals surface area (Å²) in [5.74, 6) is 0.988. The second-order valence-electron chi connectivity index (χ2n) is 3.35. The summed E-state index contributed by atoms with van der Waals surface area (Å²) in [5.41, 5.74) is 1.38. The van der Waals surface area contributed by atoms with Crippen LogP contribution in [-0.2, 0) is 4.74 Å². The van der Waals surface area contributed by atoms with Gasteiger partial charge >= 0.3 is 0 Å². The molecule has 0 aliphatic rings. The van der Waals surface area contributed by atoms with Gasteiger partial charge in [-0.3, -0.25) is 0 Å². The summed E-state index contributed by atoms with van der Waals surface area (Å²) < 4.78 is 5.50. The highest BCUT2D eigenvalue weighted by Gasteiger charge is 1.87. The van der Waals surface area contributed by atoms with E-state index in [0.717, 1.165) is 25.2 Å². The van der Waals surface area contributed by atoms with E-state index in [1.54, 1.807) is 0 Å². The molecule has 0 atom stereocenters. The average Bonchev–Trinajstić information content (AvgIpc) is 2.21. The highest BCUT2D eigenvalue weighted by atomic mass is 16.5. The average molecular weight is 194 g/mol. The van der Waals surface area contributed by atoms with Crippen molar-refractivity contribution in [1.82, 2.24) is 0 Å². The van der Waals surface area contributed by atoms with E-state index >= 15 is 0 Å². The molecule has 0 spiro atoms. The van der Waals surface area contributed by atoms with Crippen molar-refractivity contribution >= 4 is 0 Å². The molecule has 14 heavy (non-hydrogen) atoms. The van der Waals surface area contributed by atoms with E-state index in [4.69, 9.17) is 4.74 Å². The number of rotatable bonds is 6. The van der Waals surface area contributed by atoms with Crippen molar-refractivity contribution < 1.29 is 4.74 Å². The molecule has 0 aromatic heterocycles. The molecule has 0 radical (unpaired) electrons. The van der Waals surface area contributed by atoms with Crippen molar-refractivity contribution in [3.63, 3.8) is 0 Å². The first-order valence-corrected chi connectivity index (χ1v) is 5.28. The predicted molar refractivity (Wildman–Crippen MR) is 63.2 cm³/mol. The first kappa shape index (κ1) is 13.0. The standard InChI is InChI=1S/C13H22O/c1-5-7-8-11-14-13(4)10-9-12(3)6-2/h5,7,9-10H,6,8,11H2,1-4H3/b7-5+,12-9+,13-10+. The van der Waals surface area contributed by atoms with E-state index in [1.807, 2.05) is 26.0 Å². The predicted octanol–water partition coefficient (Wildman–Crippen LogP) is 4.23. The molecule has 0 aromatic carbocycles. The fraction of sp³-hybridized carbons (Fsp3) is 0.538. The largest absolute Gasteiger partial charge is 0.498 e. The molecular weight excluding hydrogens is 172 g/mol. The van der Waals surface area contributed by atoms with Gasteiger partial charge in [0.2, 0.25) is 0 Å². The maximum atomic E-state index is 5.50. The molecule has 0 N–H and O–H groups in total. The lowest BCUT2D eigenvalue weighted by Gasteiger charge is -2.03. The van der Waals surface area contributed by atoms with Crippen molar-refractivity contribution in [2.75, 3.05) is 6.61 Å². The van der Waals surface area contributed by atoms with E-state index < -0.39 is 0 Å². The van der Waals surface area contributed by atoms with Crippen molar-refractivity contribution in [3.05, 3.63) is 35.6 Å². The Morgan fingerprint density at radius 1 is 1.21 bits per heavy atom. The molecule has 0 unspecified atom stereocenters. The van der Waals surface area contributed by atoms with E-state index in [0.29, 0.717) is 0 Å². The van der Waals surface area contributed by atoms with Crippen LogP contribution in [0.2, 0.25) is 0 Å². The summed E-state index contributed by atoms with van der Waals surface area (Å²) in [4.78, 5) is 0. The molecule has 0 aliphatic heterocycles. The zero-order valence-corrected chi connectivity index (χ0v) is 9.84. The van der Waals surface area contributed by atoms with Gasteiger partial charge in [0, 0.05) is 0 Å². The summed E-state index contributed by atoms with van der Waals surface area (Å²) in [6, 6.07) is 0. The Bertz CT molecular complexity index is 221. The van der Waals surface area contributed by atoms with Crippen molar-refractivity contribution in [2.24, 2.45) is 0 Å². The van der Waals surface area contributed by atoms with Crippen LogP contribution in [0.25, 0.3) is 0 Å². The van der Waals surface area contributed by atoms with E-state index in [9.17, 15) is 0 Å². The molecule has 0 saturated carbocycles. The minimum absolute atomic E-state index is 0.770. The summed E-state index contributed by atoms with van der Waals surface area (Å²) in [5, 5.41) is 0. The number of allylic oxidation sites excluding steroid dienone is 5. The Labute approximate surface area is 88.2 Å². The van der Waals surface area contributed by atoms with Gasteiger partial charge in [0.05, 0.1) is 12.4 Å². The maximum Gasteiger partial charge on any atom is 0.0928 e. The first-order valence-electron chi connectivity index (χ1n) is 5.28. The Kier molecular flexibility index (Phi) is 8.01. The molecular formula is C13H22O. The molecule has 0 fully saturated rings. The molecule has 1 nitrogen and oxygen atoms in total. The van der Waals surface area contributed by atoms with Gasteiger partial charge in [-0.2, -0.15) is 0 Å². The quantitative estimate of drug-likeness (QED) is 0.266. The van der Waals surface area contributed by atoms with Crippen LogP contribution in [0.3, 0.4) is 0 Å². The van der Waals surface area contributed by atoms with E-state index in [1.165, 1.54) is 5.57 Å². The zero-order valence-electron chi connectivity index (χ0n) is 9.84. The third-order valence-corrected chi connectivity index (χ3v) is 2.01. The second kappa shape index (κ2) is 8.61. The highest BCUT2D eigenvalue weighted by Crippen LogP contribution is 2.02. The van der Waals surface area contributed by atoms with Gasteiger partial charge in [0.1, 0.15) is 0 Å². The number of hydrogen-bond acceptors (Lipinski definition) is 1. The van der Waals surface area contributed by atoms with Gasteiger partial charge in [-0.15, -0.1) is 0 Å². The molecule has 0 rings (SSSR count). The molecule has 80 valence electrons. The van der Waals surface area contributed by atoms with Gasteiger partial charge in [-0.1, -0.05) is 30.7 Å². The second-order valence-corrected chi connectivity index (χ2v) is 3.35. The van der Waals surface area contributed by atoms with Gasteiger partial charge in [-0.05, 0) is 39.7 Å². The molecule has 0 aromatic rings. The summed E-state index contributed by atoms with van der Waals surface area (Å²) in [6.45, 7) is 9.07. The number of ether oxygens (including phenoxy) is 1. The molecule has 0 aliphatic carbocycles. The summed E-state index contributed by atoms with van der Waals surface area (Å²) in [7, 11) is 0. The van der Waals surface area contributed by atoms with Gasteiger partial charge in [0.15, 0.2) is 0 Å². The highest BCUT2D eigenvalue weighted by molar-refractivity contribution is 5.12. The van der Waals surface area contributed by atoms with Crippen LogP contribution in [0.5, 0.6) is 0 Å².